The van der Waals surface area contributed by atoms with E-state index in [1.165, 1.54) is 13.2 Å². The number of benzene rings is 1. The van der Waals surface area contributed by atoms with Crippen molar-refractivity contribution in [2.45, 2.75) is 12.8 Å². The molecule has 90 valence electrons. The van der Waals surface area contributed by atoms with E-state index in [0.29, 0.717) is 13.0 Å². The Balaban J connectivity index is 2.45. The van der Waals surface area contributed by atoms with Crippen LogP contribution in [0.2, 0.25) is 0 Å². The summed E-state index contributed by atoms with van der Waals surface area (Å²) in [7, 11) is 1.40. The van der Waals surface area contributed by atoms with Crippen molar-refractivity contribution in [2.75, 3.05) is 13.7 Å². The lowest BCUT2D eigenvalue weighted by Gasteiger charge is -2.06. The average molecular weight is 236 g/mol. The fourth-order valence-electron chi connectivity index (χ4n) is 1.35. The predicted molar refractivity (Wildman–Crippen MR) is 59.9 cm³/mol. The van der Waals surface area contributed by atoms with Crippen LogP contribution in [-0.2, 0) is 11.2 Å². The standard InChI is InChI=1S/C12H13FN2O2/c1-17-11-3-2-9(8-10(11)13)5-7-15-12(16)4-6-14/h2-3,8H,4-5,7H2,1H3,(H,15,16). The molecule has 0 saturated heterocycles. The van der Waals surface area contributed by atoms with Crippen LogP contribution < -0.4 is 10.1 Å². The molecule has 0 aliphatic rings. The molecule has 1 aromatic rings. The zero-order valence-corrected chi connectivity index (χ0v) is 9.50. The number of hydrogen-bond acceptors (Lipinski definition) is 3. The van der Waals surface area contributed by atoms with Crippen molar-refractivity contribution < 1.29 is 13.9 Å². The summed E-state index contributed by atoms with van der Waals surface area (Å²) >= 11 is 0. The molecule has 5 heteroatoms. The van der Waals surface area contributed by atoms with Gasteiger partial charge in [-0.3, -0.25) is 4.79 Å². The molecular weight excluding hydrogens is 223 g/mol. The van der Waals surface area contributed by atoms with E-state index in [4.69, 9.17) is 10.00 Å². The van der Waals surface area contributed by atoms with Crippen molar-refractivity contribution in [3.8, 4) is 11.8 Å². The van der Waals surface area contributed by atoms with Crippen molar-refractivity contribution in [3.05, 3.63) is 29.6 Å². The van der Waals surface area contributed by atoms with Gasteiger partial charge in [0.1, 0.15) is 6.42 Å². The lowest BCUT2D eigenvalue weighted by molar-refractivity contribution is -0.120. The molecule has 0 aliphatic heterocycles. The highest BCUT2D eigenvalue weighted by atomic mass is 19.1. The van der Waals surface area contributed by atoms with E-state index >= 15 is 0 Å². The first-order chi connectivity index (χ1) is 8.17. The number of rotatable bonds is 5. The van der Waals surface area contributed by atoms with Crippen LogP contribution in [0.3, 0.4) is 0 Å². The first kappa shape index (κ1) is 13.0. The highest BCUT2D eigenvalue weighted by molar-refractivity contribution is 5.77. The van der Waals surface area contributed by atoms with Gasteiger partial charge >= 0.3 is 0 Å². The molecule has 0 unspecified atom stereocenters. The van der Waals surface area contributed by atoms with Crippen molar-refractivity contribution in [1.82, 2.24) is 5.32 Å². The quantitative estimate of drug-likeness (QED) is 0.840. The van der Waals surface area contributed by atoms with E-state index in [-0.39, 0.29) is 18.1 Å². The van der Waals surface area contributed by atoms with Crippen molar-refractivity contribution in [1.29, 1.82) is 5.26 Å². The zero-order valence-electron chi connectivity index (χ0n) is 9.50. The molecule has 1 aromatic carbocycles. The zero-order chi connectivity index (χ0) is 12.7. The molecule has 0 aromatic heterocycles. The monoisotopic (exact) mass is 236 g/mol. The lowest BCUT2D eigenvalue weighted by atomic mass is 10.1. The Hall–Kier alpha value is -2.09. The number of halogens is 1. The lowest BCUT2D eigenvalue weighted by Crippen LogP contribution is -2.24. The van der Waals surface area contributed by atoms with Gasteiger partial charge in [0, 0.05) is 6.54 Å². The van der Waals surface area contributed by atoms with E-state index in [2.05, 4.69) is 5.32 Å². The van der Waals surface area contributed by atoms with E-state index in [1.807, 2.05) is 0 Å². The summed E-state index contributed by atoms with van der Waals surface area (Å²) in [4.78, 5) is 11.0. The summed E-state index contributed by atoms with van der Waals surface area (Å²) in [5, 5.41) is 10.8. The van der Waals surface area contributed by atoms with Gasteiger partial charge < -0.3 is 10.1 Å². The molecule has 0 spiro atoms. The second kappa shape index (κ2) is 6.48. The normalized spacial score (nSPS) is 9.47. The Morgan fingerprint density at radius 1 is 1.59 bits per heavy atom. The minimum absolute atomic E-state index is 0.156. The molecule has 0 saturated carbocycles. The Morgan fingerprint density at radius 3 is 2.94 bits per heavy atom. The van der Waals surface area contributed by atoms with Crippen LogP contribution in [0.25, 0.3) is 0 Å². The Morgan fingerprint density at radius 2 is 2.35 bits per heavy atom. The maximum atomic E-state index is 13.3. The van der Waals surface area contributed by atoms with Gasteiger partial charge in [0.25, 0.3) is 0 Å². The van der Waals surface area contributed by atoms with Gasteiger partial charge in [-0.1, -0.05) is 6.07 Å². The highest BCUT2D eigenvalue weighted by Crippen LogP contribution is 2.17. The second-order valence-corrected chi connectivity index (χ2v) is 3.40. The van der Waals surface area contributed by atoms with Crippen LogP contribution >= 0.6 is 0 Å². The Kier molecular flexibility index (Phi) is 4.95. The van der Waals surface area contributed by atoms with Crippen LogP contribution in [0, 0.1) is 17.1 Å². The summed E-state index contributed by atoms with van der Waals surface area (Å²) in [6.45, 7) is 0.381. The molecule has 1 amide bonds. The molecule has 1 rings (SSSR count). The van der Waals surface area contributed by atoms with Crippen LogP contribution in [0.1, 0.15) is 12.0 Å². The first-order valence-corrected chi connectivity index (χ1v) is 5.13. The largest absolute Gasteiger partial charge is 0.494 e. The molecule has 0 aliphatic carbocycles. The van der Waals surface area contributed by atoms with Crippen molar-refractivity contribution >= 4 is 5.91 Å². The number of nitrogens with zero attached hydrogens (tertiary/aromatic N) is 1. The van der Waals surface area contributed by atoms with Crippen LogP contribution in [-0.4, -0.2) is 19.6 Å². The minimum Gasteiger partial charge on any atom is -0.494 e. The number of amides is 1. The van der Waals surface area contributed by atoms with Gasteiger partial charge in [-0.15, -0.1) is 0 Å². The number of methoxy groups -OCH3 is 1. The maximum Gasteiger partial charge on any atom is 0.234 e. The SMILES string of the molecule is COc1ccc(CCNC(=O)CC#N)cc1F. The molecule has 0 radical (unpaired) electrons. The van der Waals surface area contributed by atoms with Gasteiger partial charge in [-0.05, 0) is 24.1 Å². The molecule has 4 nitrogen and oxygen atoms in total. The summed E-state index contributed by atoms with van der Waals surface area (Å²) in [6.07, 6.45) is 0.356. The molecular formula is C12H13FN2O2. The van der Waals surface area contributed by atoms with Crippen LogP contribution in [0.4, 0.5) is 4.39 Å². The number of ether oxygens (including phenoxy) is 1. The molecule has 17 heavy (non-hydrogen) atoms. The Labute approximate surface area is 99.0 Å². The summed E-state index contributed by atoms with van der Waals surface area (Å²) < 4.78 is 18.1. The number of nitrogens with one attached hydrogen (secondary N) is 1. The number of hydrogen-bond donors (Lipinski definition) is 1. The van der Waals surface area contributed by atoms with Gasteiger partial charge in [-0.25, -0.2) is 4.39 Å². The molecule has 1 N–H and O–H groups in total. The molecule has 0 fully saturated rings. The van der Waals surface area contributed by atoms with E-state index in [0.717, 1.165) is 5.56 Å². The molecule has 0 atom stereocenters. The van der Waals surface area contributed by atoms with Crippen molar-refractivity contribution in [3.63, 3.8) is 0 Å². The minimum atomic E-state index is -0.423. The van der Waals surface area contributed by atoms with Gasteiger partial charge in [0.05, 0.1) is 13.2 Å². The first-order valence-electron chi connectivity index (χ1n) is 5.13. The topological polar surface area (TPSA) is 62.1 Å². The van der Waals surface area contributed by atoms with Crippen LogP contribution in [0.5, 0.6) is 5.75 Å². The van der Waals surface area contributed by atoms with E-state index in [1.54, 1.807) is 18.2 Å². The summed E-state index contributed by atoms with van der Waals surface area (Å²) in [5.74, 6) is -0.544. The van der Waals surface area contributed by atoms with E-state index in [9.17, 15) is 9.18 Å². The molecule has 0 heterocycles. The fraction of sp³-hybridized carbons (Fsp3) is 0.333. The summed E-state index contributed by atoms with van der Waals surface area (Å²) in [6, 6.07) is 6.40. The maximum absolute atomic E-state index is 13.3. The third-order valence-corrected chi connectivity index (χ3v) is 2.19. The van der Waals surface area contributed by atoms with Crippen LogP contribution in [0.15, 0.2) is 18.2 Å². The van der Waals surface area contributed by atoms with Gasteiger partial charge in [0.2, 0.25) is 5.91 Å². The average Bonchev–Trinajstić information content (AvgIpc) is 2.29. The van der Waals surface area contributed by atoms with Crippen molar-refractivity contribution in [2.24, 2.45) is 0 Å². The predicted octanol–water partition coefficient (Wildman–Crippen LogP) is 1.41. The Bertz CT molecular complexity index is 441. The third kappa shape index (κ3) is 4.11. The van der Waals surface area contributed by atoms with Gasteiger partial charge in [-0.2, -0.15) is 5.26 Å². The third-order valence-electron chi connectivity index (χ3n) is 2.19. The number of carbonyl (C=O) groups excluding carboxylic acids is 1. The fourth-order valence-corrected chi connectivity index (χ4v) is 1.35. The highest BCUT2D eigenvalue weighted by Gasteiger charge is 2.04. The smallest absolute Gasteiger partial charge is 0.234 e. The van der Waals surface area contributed by atoms with E-state index < -0.39 is 5.82 Å². The molecule has 0 bridgehead atoms. The number of carbonyl (C=O) groups is 1. The second-order valence-electron chi connectivity index (χ2n) is 3.40. The summed E-state index contributed by atoms with van der Waals surface area (Å²) in [5.41, 5.74) is 0.764. The van der Waals surface area contributed by atoms with Gasteiger partial charge in [0.15, 0.2) is 11.6 Å². The number of nitriles is 1.